The average Bonchev–Trinajstić information content (AvgIpc) is 3.26. The summed E-state index contributed by atoms with van der Waals surface area (Å²) in [6, 6.07) is 20.2. The van der Waals surface area contributed by atoms with Crippen LogP contribution in [0.2, 0.25) is 0 Å². The number of carbonyl (C=O) groups is 2. The number of nitrogens with zero attached hydrogens (tertiary/aromatic N) is 2. The number of aliphatic hydroxyl groups is 3. The first-order chi connectivity index (χ1) is 21.8. The lowest BCUT2D eigenvalue weighted by Crippen LogP contribution is -2.49. The van der Waals surface area contributed by atoms with Crippen molar-refractivity contribution in [1.29, 1.82) is 0 Å². The maximum Gasteiger partial charge on any atom is 0.264 e. The Morgan fingerprint density at radius 1 is 1.02 bits per heavy atom. The molecule has 45 heavy (non-hydrogen) atoms. The predicted molar refractivity (Wildman–Crippen MR) is 175 cm³/mol. The molecular weight excluding hydrogens is 570 g/mol. The highest BCUT2D eigenvalue weighted by atomic mass is 16.5. The number of anilines is 3. The summed E-state index contributed by atoms with van der Waals surface area (Å²) in [6.07, 6.45) is 5.80. The van der Waals surface area contributed by atoms with Crippen molar-refractivity contribution < 1.29 is 29.6 Å². The van der Waals surface area contributed by atoms with Gasteiger partial charge in [0.05, 0.1) is 30.6 Å². The highest BCUT2D eigenvalue weighted by Crippen LogP contribution is 2.48. The number of benzene rings is 3. The standard InChI is InChI=1S/C36H43N3O6/c1-3-45-29-15-17-32-27(21-29)22-31(37-18-8-10-20-41)34(42)39(32)28-14-16-33-30(23-28)36(44,25(2)11-7-9-19-40)35(43)38(33)24-26-12-5-4-6-13-26/h4-7,11-17,21,23,25,31,37,40-41,44H,3,8-10,18-20,22,24H2,1-2H3/b11-7+/t25-,31?,36+/m0/s1. The molecule has 1 unspecified atom stereocenters. The SMILES string of the molecule is CCOc1ccc2c(c1)CC(NCCCCO)C(=O)N2c1ccc2c(c1)[C@](O)([C@@H](C)/C=C/CCO)C(=O)N2Cc1ccccc1. The number of carbonyl (C=O) groups excluding carboxylic acids is 2. The van der Waals surface area contributed by atoms with Gasteiger partial charge in [0, 0.05) is 30.4 Å². The Bertz CT molecular complexity index is 1530. The van der Waals surface area contributed by atoms with E-state index in [1.54, 1.807) is 34.9 Å². The van der Waals surface area contributed by atoms with Crippen LogP contribution in [0.1, 0.15) is 49.8 Å². The van der Waals surface area contributed by atoms with E-state index >= 15 is 0 Å². The fourth-order valence-corrected chi connectivity index (χ4v) is 6.23. The summed E-state index contributed by atoms with van der Waals surface area (Å²) in [5.41, 5.74) is 2.28. The minimum Gasteiger partial charge on any atom is -0.494 e. The zero-order chi connectivity index (χ0) is 32.0. The first kappa shape index (κ1) is 32.4. The molecule has 0 aliphatic carbocycles. The van der Waals surface area contributed by atoms with E-state index in [9.17, 15) is 24.9 Å². The van der Waals surface area contributed by atoms with Crippen LogP contribution in [0.4, 0.5) is 17.1 Å². The molecule has 0 saturated carbocycles. The topological polar surface area (TPSA) is 123 Å². The summed E-state index contributed by atoms with van der Waals surface area (Å²) in [4.78, 5) is 31.5. The summed E-state index contributed by atoms with van der Waals surface area (Å²) in [7, 11) is 0. The van der Waals surface area contributed by atoms with Crippen LogP contribution in [-0.2, 0) is 28.2 Å². The Labute approximate surface area is 264 Å². The van der Waals surface area contributed by atoms with Crippen LogP contribution in [0.5, 0.6) is 5.75 Å². The Balaban J connectivity index is 1.59. The highest BCUT2D eigenvalue weighted by molar-refractivity contribution is 6.10. The first-order valence-corrected chi connectivity index (χ1v) is 15.8. The van der Waals surface area contributed by atoms with E-state index in [4.69, 9.17) is 4.74 Å². The molecule has 2 heterocycles. The number of fused-ring (bicyclic) bond motifs is 2. The van der Waals surface area contributed by atoms with Crippen LogP contribution in [0.15, 0.2) is 78.9 Å². The van der Waals surface area contributed by atoms with E-state index in [0.29, 0.717) is 49.4 Å². The molecule has 0 bridgehead atoms. The number of hydrogen-bond donors (Lipinski definition) is 4. The third-order valence-corrected chi connectivity index (χ3v) is 8.59. The molecule has 3 aromatic carbocycles. The minimum absolute atomic E-state index is 0.0346. The Morgan fingerprint density at radius 2 is 1.80 bits per heavy atom. The van der Waals surface area contributed by atoms with Gasteiger partial charge < -0.3 is 30.3 Å². The van der Waals surface area contributed by atoms with Gasteiger partial charge >= 0.3 is 0 Å². The van der Waals surface area contributed by atoms with E-state index in [-0.39, 0.29) is 25.7 Å². The molecule has 238 valence electrons. The molecule has 2 amide bonds. The fourth-order valence-electron chi connectivity index (χ4n) is 6.23. The summed E-state index contributed by atoms with van der Waals surface area (Å²) >= 11 is 0. The third kappa shape index (κ3) is 6.53. The second-order valence-corrected chi connectivity index (χ2v) is 11.6. The smallest absolute Gasteiger partial charge is 0.264 e. The zero-order valence-electron chi connectivity index (χ0n) is 26.0. The van der Waals surface area contributed by atoms with Gasteiger partial charge in [0.15, 0.2) is 5.60 Å². The number of rotatable bonds is 14. The molecule has 0 spiro atoms. The molecule has 2 aliphatic rings. The molecule has 9 nitrogen and oxygen atoms in total. The van der Waals surface area contributed by atoms with Gasteiger partial charge in [-0.1, -0.05) is 49.4 Å². The lowest BCUT2D eigenvalue weighted by atomic mass is 9.82. The van der Waals surface area contributed by atoms with E-state index in [2.05, 4.69) is 5.32 Å². The number of hydrogen-bond acceptors (Lipinski definition) is 7. The van der Waals surface area contributed by atoms with E-state index in [1.807, 2.05) is 67.6 Å². The molecule has 3 atom stereocenters. The van der Waals surface area contributed by atoms with Gasteiger partial charge in [-0.2, -0.15) is 0 Å². The lowest BCUT2D eigenvalue weighted by molar-refractivity contribution is -0.139. The van der Waals surface area contributed by atoms with Crippen molar-refractivity contribution in [3.8, 4) is 5.75 Å². The quantitative estimate of drug-likeness (QED) is 0.158. The minimum atomic E-state index is -1.88. The van der Waals surface area contributed by atoms with Crippen LogP contribution in [0.3, 0.4) is 0 Å². The first-order valence-electron chi connectivity index (χ1n) is 15.8. The van der Waals surface area contributed by atoms with Gasteiger partial charge in [0.25, 0.3) is 5.91 Å². The van der Waals surface area contributed by atoms with E-state index in [1.165, 1.54) is 0 Å². The second-order valence-electron chi connectivity index (χ2n) is 11.6. The van der Waals surface area contributed by atoms with Gasteiger partial charge in [-0.05, 0) is 86.7 Å². The van der Waals surface area contributed by atoms with Crippen LogP contribution >= 0.6 is 0 Å². The van der Waals surface area contributed by atoms with Gasteiger partial charge in [-0.15, -0.1) is 0 Å². The maximum atomic E-state index is 14.1. The summed E-state index contributed by atoms with van der Waals surface area (Å²) in [5.74, 6) is -0.459. The Kier molecular flexibility index (Phi) is 10.4. The molecule has 0 radical (unpaired) electrons. The van der Waals surface area contributed by atoms with Crippen molar-refractivity contribution in [3.05, 3.63) is 95.6 Å². The Hall–Kier alpha value is -4.02. The van der Waals surface area contributed by atoms with Gasteiger partial charge in [0.1, 0.15) is 5.75 Å². The monoisotopic (exact) mass is 613 g/mol. The maximum absolute atomic E-state index is 14.1. The average molecular weight is 614 g/mol. The number of nitrogens with one attached hydrogen (secondary N) is 1. The highest BCUT2D eigenvalue weighted by Gasteiger charge is 2.53. The summed E-state index contributed by atoms with van der Waals surface area (Å²) in [5, 5.41) is 34.2. The van der Waals surface area contributed by atoms with Crippen LogP contribution in [0, 0.1) is 5.92 Å². The van der Waals surface area contributed by atoms with Crippen LogP contribution in [-0.4, -0.2) is 59.5 Å². The van der Waals surface area contributed by atoms with Crippen molar-refractivity contribution in [1.82, 2.24) is 5.32 Å². The fraction of sp³-hybridized carbons (Fsp3) is 0.389. The number of aliphatic hydroxyl groups excluding tert-OH is 2. The zero-order valence-corrected chi connectivity index (χ0v) is 26.0. The molecule has 0 saturated heterocycles. The number of ether oxygens (including phenoxy) is 1. The number of amides is 2. The Morgan fingerprint density at radius 3 is 2.53 bits per heavy atom. The second kappa shape index (κ2) is 14.4. The van der Waals surface area contributed by atoms with Crippen molar-refractivity contribution in [3.63, 3.8) is 0 Å². The third-order valence-electron chi connectivity index (χ3n) is 8.59. The van der Waals surface area contributed by atoms with E-state index < -0.39 is 23.5 Å². The number of unbranched alkanes of at least 4 members (excludes halogenated alkanes) is 1. The van der Waals surface area contributed by atoms with Crippen molar-refractivity contribution in [2.45, 2.75) is 57.7 Å². The normalized spacial score (nSPS) is 20.1. The molecule has 9 heteroatoms. The summed E-state index contributed by atoms with van der Waals surface area (Å²) < 4.78 is 5.77. The molecule has 2 aliphatic heterocycles. The molecule has 3 aromatic rings. The molecule has 4 N–H and O–H groups in total. The van der Waals surface area contributed by atoms with Gasteiger partial charge in [0.2, 0.25) is 5.91 Å². The largest absolute Gasteiger partial charge is 0.494 e. The van der Waals surface area contributed by atoms with Crippen molar-refractivity contribution >= 4 is 28.9 Å². The molecular formula is C36H43N3O6. The van der Waals surface area contributed by atoms with Crippen LogP contribution in [0.25, 0.3) is 0 Å². The molecule has 0 aromatic heterocycles. The predicted octanol–water partition coefficient (Wildman–Crippen LogP) is 4.35. The van der Waals surface area contributed by atoms with Crippen LogP contribution < -0.4 is 19.9 Å². The van der Waals surface area contributed by atoms with Gasteiger partial charge in [-0.25, -0.2) is 0 Å². The lowest BCUT2D eigenvalue weighted by Gasteiger charge is -2.35. The van der Waals surface area contributed by atoms with Crippen molar-refractivity contribution in [2.24, 2.45) is 5.92 Å². The molecule has 0 fully saturated rings. The van der Waals surface area contributed by atoms with E-state index in [0.717, 1.165) is 29.0 Å². The molecule has 5 rings (SSSR count). The van der Waals surface area contributed by atoms with Gasteiger partial charge in [-0.3, -0.25) is 14.5 Å². The summed E-state index contributed by atoms with van der Waals surface area (Å²) in [6.45, 7) is 5.16. The van der Waals surface area contributed by atoms with Crippen molar-refractivity contribution in [2.75, 3.05) is 36.2 Å².